The summed E-state index contributed by atoms with van der Waals surface area (Å²) in [5.41, 5.74) is -0.588. The van der Waals surface area contributed by atoms with E-state index in [1.807, 2.05) is 5.32 Å². The number of carbonyl (C=O) groups excluding carboxylic acids is 2. The van der Waals surface area contributed by atoms with Crippen molar-refractivity contribution in [3.05, 3.63) is 70.8 Å². The van der Waals surface area contributed by atoms with Gasteiger partial charge in [0.05, 0.1) is 17.2 Å². The number of anilines is 1. The molecule has 0 aliphatic rings. The number of hydrogen-bond donors (Lipinski definition) is 1. The van der Waals surface area contributed by atoms with Crippen molar-refractivity contribution in [1.82, 2.24) is 9.55 Å². The van der Waals surface area contributed by atoms with E-state index in [1.165, 1.54) is 13.3 Å². The zero-order valence-electron chi connectivity index (χ0n) is 14.7. The van der Waals surface area contributed by atoms with E-state index in [-0.39, 0.29) is 0 Å². The van der Waals surface area contributed by atoms with Crippen LogP contribution in [0.1, 0.15) is 6.92 Å². The summed E-state index contributed by atoms with van der Waals surface area (Å²) in [6, 6.07) is 9.75. The number of esters is 1. The van der Waals surface area contributed by atoms with Crippen LogP contribution in [0.3, 0.4) is 0 Å². The second kappa shape index (κ2) is 7.95. The van der Waals surface area contributed by atoms with Gasteiger partial charge in [0.2, 0.25) is 0 Å². The number of rotatable bonds is 5. The number of amides is 1. The highest BCUT2D eigenvalue weighted by Crippen LogP contribution is 2.18. The summed E-state index contributed by atoms with van der Waals surface area (Å²) in [4.78, 5) is 40.5. The molecule has 3 rings (SSSR count). The van der Waals surface area contributed by atoms with Crippen LogP contribution >= 0.6 is 0 Å². The fourth-order valence-corrected chi connectivity index (χ4v) is 2.49. The number of hydrogen-bond acceptors (Lipinski definition) is 5. The molecule has 144 valence electrons. The van der Waals surface area contributed by atoms with E-state index in [4.69, 9.17) is 4.74 Å². The van der Waals surface area contributed by atoms with Gasteiger partial charge < -0.3 is 10.1 Å². The molecule has 0 aliphatic heterocycles. The lowest BCUT2D eigenvalue weighted by atomic mass is 10.2. The van der Waals surface area contributed by atoms with Gasteiger partial charge in [-0.3, -0.25) is 19.0 Å². The number of nitrogens with zero attached hydrogens (tertiary/aromatic N) is 2. The van der Waals surface area contributed by atoms with Crippen LogP contribution in [0.25, 0.3) is 10.9 Å². The van der Waals surface area contributed by atoms with Crippen LogP contribution in [0.5, 0.6) is 0 Å². The molecule has 7 nitrogen and oxygen atoms in total. The van der Waals surface area contributed by atoms with Crippen molar-refractivity contribution in [2.24, 2.45) is 0 Å². The van der Waals surface area contributed by atoms with Crippen molar-refractivity contribution in [3.63, 3.8) is 0 Å². The van der Waals surface area contributed by atoms with E-state index >= 15 is 0 Å². The SMILES string of the molecule is C[C@H](OC(=O)Cn1cnc2ccccc2c1=O)C(=O)Nc1c(F)cccc1F. The summed E-state index contributed by atoms with van der Waals surface area (Å²) in [5.74, 6) is -3.71. The molecule has 28 heavy (non-hydrogen) atoms. The van der Waals surface area contributed by atoms with E-state index in [2.05, 4.69) is 4.98 Å². The molecule has 0 radical (unpaired) electrons. The molecule has 0 saturated carbocycles. The monoisotopic (exact) mass is 387 g/mol. The number of aromatic nitrogens is 2. The summed E-state index contributed by atoms with van der Waals surface area (Å²) < 4.78 is 33.2. The van der Waals surface area contributed by atoms with Crippen LogP contribution in [-0.2, 0) is 20.9 Å². The molecule has 1 atom stereocenters. The third-order valence-corrected chi connectivity index (χ3v) is 3.92. The van der Waals surface area contributed by atoms with E-state index in [0.717, 1.165) is 22.8 Å². The lowest BCUT2D eigenvalue weighted by Gasteiger charge is -2.14. The molecule has 9 heteroatoms. The van der Waals surface area contributed by atoms with Gasteiger partial charge >= 0.3 is 5.97 Å². The Morgan fingerprint density at radius 1 is 1.14 bits per heavy atom. The van der Waals surface area contributed by atoms with Crippen LogP contribution in [0, 0.1) is 11.6 Å². The van der Waals surface area contributed by atoms with Gasteiger partial charge in [0, 0.05) is 0 Å². The number of para-hydroxylation sites is 2. The topological polar surface area (TPSA) is 90.3 Å². The maximum absolute atomic E-state index is 13.6. The molecule has 2 aromatic carbocycles. The third kappa shape index (κ3) is 4.03. The predicted molar refractivity (Wildman–Crippen MR) is 96.5 cm³/mol. The lowest BCUT2D eigenvalue weighted by molar-refractivity contribution is -0.153. The van der Waals surface area contributed by atoms with E-state index in [1.54, 1.807) is 24.3 Å². The second-order valence-electron chi connectivity index (χ2n) is 5.91. The fraction of sp³-hybridized carbons (Fsp3) is 0.158. The second-order valence-corrected chi connectivity index (χ2v) is 5.91. The van der Waals surface area contributed by atoms with Gasteiger partial charge in [-0.25, -0.2) is 13.8 Å². The molecule has 0 unspecified atom stereocenters. The maximum Gasteiger partial charge on any atom is 0.326 e. The highest BCUT2D eigenvalue weighted by atomic mass is 19.1. The van der Waals surface area contributed by atoms with Gasteiger partial charge in [0.1, 0.15) is 23.9 Å². The smallest absolute Gasteiger partial charge is 0.326 e. The highest BCUT2D eigenvalue weighted by Gasteiger charge is 2.21. The minimum Gasteiger partial charge on any atom is -0.451 e. The molecule has 0 saturated heterocycles. The Kier molecular flexibility index (Phi) is 5.44. The molecular weight excluding hydrogens is 372 g/mol. The Bertz CT molecular complexity index is 1090. The average Bonchev–Trinajstić information content (AvgIpc) is 2.67. The van der Waals surface area contributed by atoms with Gasteiger partial charge in [0.25, 0.3) is 11.5 Å². The predicted octanol–water partition coefficient (Wildman–Crippen LogP) is 2.25. The van der Waals surface area contributed by atoms with Crippen LogP contribution in [0.2, 0.25) is 0 Å². The number of fused-ring (bicyclic) bond motifs is 1. The van der Waals surface area contributed by atoms with Crippen LogP contribution in [-0.4, -0.2) is 27.5 Å². The molecule has 0 aliphatic carbocycles. The molecule has 3 aromatic rings. The summed E-state index contributed by atoms with van der Waals surface area (Å²) in [7, 11) is 0. The Hall–Kier alpha value is -3.62. The number of carbonyl (C=O) groups is 2. The van der Waals surface area contributed by atoms with Gasteiger partial charge in [-0.2, -0.15) is 0 Å². The fourth-order valence-electron chi connectivity index (χ4n) is 2.49. The average molecular weight is 387 g/mol. The first-order chi connectivity index (χ1) is 13.4. The molecule has 0 spiro atoms. The molecular formula is C19H15F2N3O4. The van der Waals surface area contributed by atoms with E-state index < -0.39 is 47.4 Å². The van der Waals surface area contributed by atoms with Gasteiger partial charge in [-0.15, -0.1) is 0 Å². The summed E-state index contributed by atoms with van der Waals surface area (Å²) in [6.45, 7) is 0.774. The van der Waals surface area contributed by atoms with Gasteiger partial charge in [-0.1, -0.05) is 18.2 Å². The molecule has 1 aromatic heterocycles. The summed E-state index contributed by atoms with van der Waals surface area (Å²) in [5, 5.41) is 2.37. The summed E-state index contributed by atoms with van der Waals surface area (Å²) in [6.07, 6.45) is -0.138. The van der Waals surface area contributed by atoms with Crippen molar-refractivity contribution < 1.29 is 23.1 Å². The van der Waals surface area contributed by atoms with Crippen molar-refractivity contribution in [3.8, 4) is 0 Å². The Morgan fingerprint density at radius 3 is 2.54 bits per heavy atom. The molecule has 0 bridgehead atoms. The zero-order valence-corrected chi connectivity index (χ0v) is 14.7. The van der Waals surface area contributed by atoms with Crippen LogP contribution in [0.15, 0.2) is 53.6 Å². The van der Waals surface area contributed by atoms with Gasteiger partial charge in [-0.05, 0) is 31.2 Å². The maximum atomic E-state index is 13.6. The first-order valence-corrected chi connectivity index (χ1v) is 8.25. The highest BCUT2D eigenvalue weighted by molar-refractivity contribution is 5.95. The first-order valence-electron chi connectivity index (χ1n) is 8.25. The Balaban J connectivity index is 1.67. The van der Waals surface area contributed by atoms with Crippen molar-refractivity contribution in [2.45, 2.75) is 19.6 Å². The van der Waals surface area contributed by atoms with E-state index in [0.29, 0.717) is 10.9 Å². The van der Waals surface area contributed by atoms with Crippen molar-refractivity contribution >= 4 is 28.5 Å². The minimum absolute atomic E-state index is 0.332. The third-order valence-electron chi connectivity index (χ3n) is 3.92. The molecule has 0 fully saturated rings. The number of halogens is 2. The Morgan fingerprint density at radius 2 is 1.82 bits per heavy atom. The zero-order chi connectivity index (χ0) is 20.3. The van der Waals surface area contributed by atoms with Crippen LogP contribution in [0.4, 0.5) is 14.5 Å². The summed E-state index contributed by atoms with van der Waals surface area (Å²) >= 11 is 0. The first kappa shape index (κ1) is 19.2. The molecule has 1 N–H and O–H groups in total. The van der Waals surface area contributed by atoms with Gasteiger partial charge in [0.15, 0.2) is 6.10 Å². The molecule has 1 amide bonds. The number of benzene rings is 2. The largest absolute Gasteiger partial charge is 0.451 e. The Labute approximate surface area is 157 Å². The standard InChI is InChI=1S/C19H15F2N3O4/c1-11(18(26)23-17-13(20)6-4-7-14(17)21)28-16(25)9-24-10-22-15-8-3-2-5-12(15)19(24)27/h2-8,10-11H,9H2,1H3,(H,23,26)/t11-/m0/s1. The molecule has 1 heterocycles. The lowest BCUT2D eigenvalue weighted by Crippen LogP contribution is -2.33. The van der Waals surface area contributed by atoms with Crippen LogP contribution < -0.4 is 10.9 Å². The van der Waals surface area contributed by atoms with E-state index in [9.17, 15) is 23.2 Å². The number of ether oxygens (including phenoxy) is 1. The normalized spacial score (nSPS) is 11.8. The minimum atomic E-state index is -1.34. The quantitative estimate of drug-likeness (QED) is 0.678. The number of nitrogens with one attached hydrogen (secondary N) is 1. The van der Waals surface area contributed by atoms with Crippen molar-refractivity contribution in [2.75, 3.05) is 5.32 Å². The van der Waals surface area contributed by atoms with Crippen molar-refractivity contribution in [1.29, 1.82) is 0 Å².